The highest BCUT2D eigenvalue weighted by Gasteiger charge is 2.53. The Morgan fingerprint density at radius 1 is 0.967 bits per heavy atom. The lowest BCUT2D eigenvalue weighted by Gasteiger charge is -2.48. The second kappa shape index (κ2) is 20.1. The van der Waals surface area contributed by atoms with Crippen molar-refractivity contribution in [3.8, 4) is 5.75 Å². The Balaban J connectivity index is 1.61. The van der Waals surface area contributed by atoms with Crippen LogP contribution in [-0.2, 0) is 33.2 Å². The van der Waals surface area contributed by atoms with Crippen molar-refractivity contribution in [1.82, 2.24) is 15.2 Å². The first-order valence-corrected chi connectivity index (χ1v) is 22.1. The van der Waals surface area contributed by atoms with Gasteiger partial charge in [0.15, 0.2) is 18.7 Å². The monoisotopic (exact) mass is 862 g/mol. The number of nitrogens with zero attached hydrogens (tertiary/aromatic N) is 2. The average Bonchev–Trinajstić information content (AvgIpc) is 3.21. The molecule has 15 heteroatoms. The van der Waals surface area contributed by atoms with Gasteiger partial charge in [0, 0.05) is 37.4 Å². The lowest BCUT2D eigenvalue weighted by molar-refractivity contribution is -0.314. The van der Waals surface area contributed by atoms with E-state index in [0.717, 1.165) is 10.9 Å². The van der Waals surface area contributed by atoms with Crippen LogP contribution in [-0.4, -0.2) is 154 Å². The Hall–Kier alpha value is -2.54. The van der Waals surface area contributed by atoms with Crippen LogP contribution in [0.1, 0.15) is 94.9 Å². The first-order chi connectivity index (χ1) is 28.6. The molecule has 1 aromatic carbocycles. The zero-order chi connectivity index (χ0) is 45.2. The SMILES string of the molecule is CC[C@H]1OC(=O)[C@H](C)[C@@H](O[C@H]2C[C@@](C)(OC)[C@@H](O)[C@H](C)O2)[C@H](C)[C@@H](O[C@@H]2O[C@H](C)C[C@H](NC)[C@H]2Oc2cnc3ccccc3c2)[C@](C)(O)C[C@@H](C)CN(C)[C@H](C)[C@@H](O)[C@]1(C)O. The van der Waals surface area contributed by atoms with Crippen LogP contribution in [0.4, 0.5) is 0 Å². The Morgan fingerprint density at radius 2 is 1.66 bits per heavy atom. The number of hydrogen-bond acceptors (Lipinski definition) is 15. The van der Waals surface area contributed by atoms with E-state index in [1.54, 1.807) is 40.8 Å². The van der Waals surface area contributed by atoms with E-state index in [-0.39, 0.29) is 37.3 Å². The summed E-state index contributed by atoms with van der Waals surface area (Å²) in [6.07, 6.45) is -6.11. The van der Waals surface area contributed by atoms with E-state index in [9.17, 15) is 25.2 Å². The van der Waals surface area contributed by atoms with Crippen molar-refractivity contribution >= 4 is 16.9 Å². The van der Waals surface area contributed by atoms with E-state index in [2.05, 4.69) is 10.3 Å². The maximum atomic E-state index is 14.5. The Morgan fingerprint density at radius 3 is 2.31 bits per heavy atom. The van der Waals surface area contributed by atoms with E-state index < -0.39 is 96.0 Å². The summed E-state index contributed by atoms with van der Waals surface area (Å²) in [6.45, 7) is 18.3. The number of cyclic esters (lactones) is 1. The van der Waals surface area contributed by atoms with Gasteiger partial charge in [0.2, 0.25) is 0 Å². The lowest BCUT2D eigenvalue weighted by Crippen LogP contribution is -2.61. The summed E-state index contributed by atoms with van der Waals surface area (Å²) in [7, 11) is 5.24. The number of carbonyl (C=O) groups is 1. The van der Waals surface area contributed by atoms with Gasteiger partial charge in [0.05, 0.1) is 59.3 Å². The van der Waals surface area contributed by atoms with Gasteiger partial charge in [-0.05, 0) is 99.9 Å². The number of aromatic nitrogens is 1. The standard InChI is InChI=1S/C46H75N3O12/c1-14-35-46(10,54)39(50)29(6)49(12)24-25(2)21-44(8,53)41(27(4)37(28(5)42(52)59-35)60-36-22-45(9,55-13)40(51)30(7)57-36)61-43-38(34(47-11)19-26(3)56-43)58-32-20-31-17-15-16-18-33(31)48-23-32/h15-18,20,23,25-30,34-41,43,47,50-51,53-54H,14,19,21-22,24H2,1-13H3/t25-,26-,27+,28-,29-,30+,34+,35-,36+,37+,38-,39-,40+,41-,43+,44-,45-,46-/m1/s1. The number of fused-ring (bicyclic) bond motifs is 1. The van der Waals surface area contributed by atoms with Gasteiger partial charge in [0.25, 0.3) is 0 Å². The van der Waals surface area contributed by atoms with E-state index in [1.807, 2.05) is 77.0 Å². The van der Waals surface area contributed by atoms with Crippen molar-refractivity contribution in [1.29, 1.82) is 0 Å². The van der Waals surface area contributed by atoms with Gasteiger partial charge >= 0.3 is 5.97 Å². The summed E-state index contributed by atoms with van der Waals surface area (Å²) in [6, 6.07) is 8.93. The maximum Gasteiger partial charge on any atom is 0.311 e. The molecule has 3 saturated heterocycles. The molecule has 0 amide bonds. The third kappa shape index (κ3) is 11.1. The number of benzene rings is 1. The van der Waals surface area contributed by atoms with Crippen molar-refractivity contribution < 1.29 is 58.4 Å². The molecule has 61 heavy (non-hydrogen) atoms. The fourth-order valence-corrected chi connectivity index (χ4v) is 9.93. The van der Waals surface area contributed by atoms with Crippen molar-refractivity contribution in [3.05, 3.63) is 36.5 Å². The molecule has 3 aliphatic rings. The number of likely N-dealkylation sites (N-methyl/N-ethyl adjacent to an activating group) is 2. The summed E-state index contributed by atoms with van der Waals surface area (Å²) < 4.78 is 45.5. The summed E-state index contributed by atoms with van der Waals surface area (Å²) >= 11 is 0. The number of para-hydroxylation sites is 1. The second-order valence-corrected chi connectivity index (χ2v) is 19.0. The van der Waals surface area contributed by atoms with Crippen molar-refractivity contribution in [2.45, 2.75) is 185 Å². The molecule has 0 aliphatic carbocycles. The van der Waals surface area contributed by atoms with Crippen LogP contribution in [0.3, 0.4) is 0 Å². The van der Waals surface area contributed by atoms with Crippen molar-refractivity contribution in [3.63, 3.8) is 0 Å². The molecule has 0 unspecified atom stereocenters. The fourth-order valence-electron chi connectivity index (χ4n) is 9.93. The minimum Gasteiger partial charge on any atom is -0.482 e. The van der Waals surface area contributed by atoms with E-state index in [0.29, 0.717) is 18.7 Å². The number of rotatable bonds is 9. The Bertz CT molecular complexity index is 1730. The number of nitrogens with one attached hydrogen (secondary N) is 1. The summed E-state index contributed by atoms with van der Waals surface area (Å²) in [5, 5.41) is 51.7. The molecule has 0 radical (unpaired) electrons. The number of carbonyl (C=O) groups excluding carboxylic acids is 1. The third-order valence-electron chi connectivity index (χ3n) is 13.8. The first-order valence-electron chi connectivity index (χ1n) is 22.1. The predicted molar refractivity (Wildman–Crippen MR) is 230 cm³/mol. The van der Waals surface area contributed by atoms with E-state index in [4.69, 9.17) is 33.2 Å². The number of aliphatic hydroxyl groups excluding tert-OH is 2. The third-order valence-corrected chi connectivity index (χ3v) is 13.8. The van der Waals surface area contributed by atoms with Crippen LogP contribution < -0.4 is 10.1 Å². The summed E-state index contributed by atoms with van der Waals surface area (Å²) in [4.78, 5) is 21.0. The minimum atomic E-state index is -1.81. The molecular formula is C46H75N3O12. The predicted octanol–water partition coefficient (Wildman–Crippen LogP) is 4.19. The molecular weight excluding hydrogens is 787 g/mol. The zero-order valence-electron chi connectivity index (χ0n) is 38.6. The molecule has 3 fully saturated rings. The molecule has 3 aliphatic heterocycles. The Labute approximate surface area is 362 Å². The van der Waals surface area contributed by atoms with Crippen LogP contribution in [0.15, 0.2) is 36.5 Å². The van der Waals surface area contributed by atoms with E-state index >= 15 is 0 Å². The number of pyridine rings is 1. The molecule has 2 aromatic rings. The highest BCUT2D eigenvalue weighted by Crippen LogP contribution is 2.40. The van der Waals surface area contributed by atoms with Crippen LogP contribution in [0.25, 0.3) is 10.9 Å². The topological polar surface area (TPSA) is 191 Å². The van der Waals surface area contributed by atoms with E-state index in [1.165, 1.54) is 14.0 Å². The second-order valence-electron chi connectivity index (χ2n) is 19.0. The quantitative estimate of drug-likeness (QED) is 0.226. The number of hydrogen-bond donors (Lipinski definition) is 5. The van der Waals surface area contributed by atoms with Gasteiger partial charge in [-0.3, -0.25) is 9.78 Å². The van der Waals surface area contributed by atoms with Crippen LogP contribution in [0.2, 0.25) is 0 Å². The zero-order valence-corrected chi connectivity index (χ0v) is 38.6. The van der Waals surface area contributed by atoms with Gasteiger partial charge in [-0.2, -0.15) is 0 Å². The van der Waals surface area contributed by atoms with Crippen LogP contribution in [0.5, 0.6) is 5.75 Å². The van der Waals surface area contributed by atoms with Crippen LogP contribution in [0, 0.1) is 17.8 Å². The van der Waals surface area contributed by atoms with Crippen molar-refractivity contribution in [2.75, 3.05) is 27.7 Å². The molecule has 4 heterocycles. The average molecular weight is 862 g/mol. The minimum absolute atomic E-state index is 0.129. The van der Waals surface area contributed by atoms with Gasteiger partial charge in [-0.15, -0.1) is 0 Å². The molecule has 18 atom stereocenters. The number of ether oxygens (including phenoxy) is 7. The highest BCUT2D eigenvalue weighted by atomic mass is 16.7. The summed E-state index contributed by atoms with van der Waals surface area (Å²) in [5.41, 5.74) is -3.59. The maximum absolute atomic E-state index is 14.5. The van der Waals surface area contributed by atoms with Gasteiger partial charge in [-0.1, -0.05) is 39.0 Å². The summed E-state index contributed by atoms with van der Waals surface area (Å²) in [5.74, 6) is -2.09. The molecule has 0 bridgehead atoms. The normalized spacial score (nSPS) is 43.9. The van der Waals surface area contributed by atoms with Gasteiger partial charge in [0.1, 0.15) is 29.7 Å². The fraction of sp³-hybridized carbons (Fsp3) is 0.783. The molecule has 1 aromatic heterocycles. The molecule has 0 spiro atoms. The number of esters is 1. The largest absolute Gasteiger partial charge is 0.482 e. The Kier molecular flexibility index (Phi) is 16.3. The smallest absolute Gasteiger partial charge is 0.311 e. The molecule has 15 nitrogen and oxygen atoms in total. The van der Waals surface area contributed by atoms with Crippen molar-refractivity contribution in [2.24, 2.45) is 17.8 Å². The number of aliphatic hydroxyl groups is 4. The highest BCUT2D eigenvalue weighted by molar-refractivity contribution is 5.79. The van der Waals surface area contributed by atoms with Gasteiger partial charge in [-0.25, -0.2) is 0 Å². The number of methoxy groups -OCH3 is 1. The molecule has 5 N–H and O–H groups in total. The lowest BCUT2D eigenvalue weighted by atomic mass is 9.77. The first kappa shape index (κ1) is 49.5. The van der Waals surface area contributed by atoms with Crippen LogP contribution >= 0.6 is 0 Å². The van der Waals surface area contributed by atoms with Gasteiger partial charge < -0.3 is 63.8 Å². The molecule has 0 saturated carbocycles. The molecule has 5 rings (SSSR count). The molecule has 346 valence electrons.